The van der Waals surface area contributed by atoms with Gasteiger partial charge in [-0.05, 0) is 38.5 Å². The Morgan fingerprint density at radius 3 is 2.40 bits per heavy atom. The van der Waals surface area contributed by atoms with Crippen LogP contribution in [0.1, 0.15) is 27.4 Å². The summed E-state index contributed by atoms with van der Waals surface area (Å²) in [5, 5.41) is 3.70. The molecule has 30 heavy (non-hydrogen) atoms. The molecule has 1 saturated heterocycles. The summed E-state index contributed by atoms with van der Waals surface area (Å²) in [7, 11) is -3.75. The van der Waals surface area contributed by atoms with Crippen LogP contribution >= 0.6 is 0 Å². The van der Waals surface area contributed by atoms with Crippen LogP contribution in [0, 0.1) is 20.8 Å². The molecule has 0 unspecified atom stereocenters. The standard InChI is InChI=1S/C19H24N4O6S/c1-12-4-5-15(19(20)25)16(10-12)28-11-17(24)22-6-8-23(9-7-22)30(26,27)18-13(2)21-29-14(18)3/h4-5,10H,6-9,11H2,1-3H3,(H2,20,25). The van der Waals surface area contributed by atoms with Crippen LogP contribution in [-0.4, -0.2) is 67.4 Å². The third kappa shape index (κ3) is 4.31. The van der Waals surface area contributed by atoms with Gasteiger partial charge in [0, 0.05) is 26.2 Å². The molecule has 10 nitrogen and oxygen atoms in total. The van der Waals surface area contributed by atoms with Crippen LogP contribution in [0.15, 0.2) is 27.6 Å². The number of ether oxygens (including phenoxy) is 1. The molecule has 0 saturated carbocycles. The van der Waals surface area contributed by atoms with Gasteiger partial charge < -0.3 is 19.9 Å². The van der Waals surface area contributed by atoms with Crippen molar-refractivity contribution >= 4 is 21.8 Å². The predicted molar refractivity (Wildman–Crippen MR) is 107 cm³/mol. The number of hydrogen-bond acceptors (Lipinski definition) is 7. The minimum Gasteiger partial charge on any atom is -0.483 e. The van der Waals surface area contributed by atoms with Gasteiger partial charge in [-0.1, -0.05) is 11.2 Å². The van der Waals surface area contributed by atoms with Crippen LogP contribution in [-0.2, 0) is 14.8 Å². The molecule has 3 rings (SSSR count). The number of carbonyl (C=O) groups is 2. The number of sulfonamides is 1. The molecule has 1 fully saturated rings. The normalized spacial score (nSPS) is 15.2. The van der Waals surface area contributed by atoms with E-state index < -0.39 is 15.9 Å². The van der Waals surface area contributed by atoms with E-state index in [9.17, 15) is 18.0 Å². The zero-order valence-electron chi connectivity index (χ0n) is 17.0. The van der Waals surface area contributed by atoms with Gasteiger partial charge in [-0.15, -0.1) is 0 Å². The third-order valence-electron chi connectivity index (χ3n) is 4.91. The second-order valence-electron chi connectivity index (χ2n) is 7.09. The molecule has 11 heteroatoms. The molecule has 1 aromatic carbocycles. The van der Waals surface area contributed by atoms with Crippen LogP contribution in [0.3, 0.4) is 0 Å². The summed E-state index contributed by atoms with van der Waals surface area (Å²) >= 11 is 0. The lowest BCUT2D eigenvalue weighted by molar-refractivity contribution is -0.134. The number of nitrogens with two attached hydrogens (primary N) is 1. The average Bonchev–Trinajstić information content (AvgIpc) is 3.04. The van der Waals surface area contributed by atoms with Crippen molar-refractivity contribution in [3.63, 3.8) is 0 Å². The van der Waals surface area contributed by atoms with Crippen LogP contribution in [0.5, 0.6) is 5.75 Å². The molecular formula is C19H24N4O6S. The van der Waals surface area contributed by atoms with Gasteiger partial charge in [-0.2, -0.15) is 4.31 Å². The largest absolute Gasteiger partial charge is 0.483 e. The highest BCUT2D eigenvalue weighted by molar-refractivity contribution is 7.89. The highest BCUT2D eigenvalue weighted by Gasteiger charge is 2.34. The first-order valence-corrected chi connectivity index (χ1v) is 10.8. The van der Waals surface area contributed by atoms with E-state index in [-0.39, 0.29) is 60.7 Å². The maximum Gasteiger partial charge on any atom is 0.260 e. The second-order valence-corrected chi connectivity index (χ2v) is 8.97. The summed E-state index contributed by atoms with van der Waals surface area (Å²) in [5.74, 6) is -0.463. The number of amides is 2. The Balaban J connectivity index is 1.61. The van der Waals surface area contributed by atoms with Gasteiger partial charge in [-0.3, -0.25) is 9.59 Å². The van der Waals surface area contributed by atoms with Gasteiger partial charge >= 0.3 is 0 Å². The van der Waals surface area contributed by atoms with E-state index in [4.69, 9.17) is 15.0 Å². The molecule has 2 aromatic rings. The maximum absolute atomic E-state index is 12.9. The van der Waals surface area contributed by atoms with Crippen LogP contribution in [0.25, 0.3) is 0 Å². The zero-order valence-corrected chi connectivity index (χ0v) is 17.9. The minimum atomic E-state index is -3.75. The Morgan fingerprint density at radius 1 is 1.17 bits per heavy atom. The topological polar surface area (TPSA) is 136 Å². The van der Waals surface area contributed by atoms with Crippen molar-refractivity contribution in [3.05, 3.63) is 40.8 Å². The highest BCUT2D eigenvalue weighted by Crippen LogP contribution is 2.24. The van der Waals surface area contributed by atoms with E-state index in [1.807, 2.05) is 6.92 Å². The highest BCUT2D eigenvalue weighted by atomic mass is 32.2. The van der Waals surface area contributed by atoms with Gasteiger partial charge in [0.1, 0.15) is 16.3 Å². The summed E-state index contributed by atoms with van der Waals surface area (Å²) in [4.78, 5) is 25.7. The zero-order chi connectivity index (χ0) is 22.1. The summed E-state index contributed by atoms with van der Waals surface area (Å²) in [6.07, 6.45) is 0. The summed E-state index contributed by atoms with van der Waals surface area (Å²) in [5.41, 5.74) is 6.71. The fourth-order valence-electron chi connectivity index (χ4n) is 3.33. The monoisotopic (exact) mass is 436 g/mol. The Labute approximate surface area is 174 Å². The van der Waals surface area contributed by atoms with Crippen molar-refractivity contribution < 1.29 is 27.3 Å². The van der Waals surface area contributed by atoms with Crippen LogP contribution in [0.2, 0.25) is 0 Å². The number of rotatable bonds is 6. The minimum absolute atomic E-state index is 0.0732. The molecule has 162 valence electrons. The molecule has 2 heterocycles. The number of hydrogen-bond donors (Lipinski definition) is 1. The predicted octanol–water partition coefficient (Wildman–Crippen LogP) is 0.611. The van der Waals surface area contributed by atoms with Gasteiger partial charge in [-0.25, -0.2) is 8.42 Å². The van der Waals surface area contributed by atoms with Crippen molar-refractivity contribution in [2.24, 2.45) is 5.73 Å². The lowest BCUT2D eigenvalue weighted by Crippen LogP contribution is -2.51. The van der Waals surface area contributed by atoms with E-state index >= 15 is 0 Å². The molecule has 0 aliphatic carbocycles. The summed E-state index contributed by atoms with van der Waals surface area (Å²) in [6.45, 7) is 5.42. The number of carbonyl (C=O) groups excluding carboxylic acids is 2. The van der Waals surface area contributed by atoms with E-state index in [0.717, 1.165) is 5.56 Å². The number of nitrogens with zero attached hydrogens (tertiary/aromatic N) is 3. The Hall–Kier alpha value is -2.92. The van der Waals surface area contributed by atoms with Crippen molar-refractivity contribution in [2.75, 3.05) is 32.8 Å². The SMILES string of the molecule is Cc1ccc(C(N)=O)c(OCC(=O)N2CCN(S(=O)(=O)c3c(C)noc3C)CC2)c1. The average molecular weight is 436 g/mol. The van der Waals surface area contributed by atoms with Crippen LogP contribution in [0.4, 0.5) is 0 Å². The summed E-state index contributed by atoms with van der Waals surface area (Å²) < 4.78 is 37.5. The van der Waals surface area contributed by atoms with Crippen molar-refractivity contribution in [2.45, 2.75) is 25.7 Å². The lowest BCUT2D eigenvalue weighted by atomic mass is 10.1. The second kappa shape index (κ2) is 8.44. The number of piperazine rings is 1. The summed E-state index contributed by atoms with van der Waals surface area (Å²) in [6, 6.07) is 4.92. The van der Waals surface area contributed by atoms with Gasteiger partial charge in [0.25, 0.3) is 11.8 Å². The molecule has 2 amide bonds. The van der Waals surface area contributed by atoms with Gasteiger partial charge in [0.2, 0.25) is 10.0 Å². The molecule has 1 aliphatic heterocycles. The van der Waals surface area contributed by atoms with Crippen molar-refractivity contribution in [3.8, 4) is 5.75 Å². The Morgan fingerprint density at radius 2 is 1.83 bits per heavy atom. The maximum atomic E-state index is 12.9. The number of primary amides is 1. The molecular weight excluding hydrogens is 412 g/mol. The van der Waals surface area contributed by atoms with Crippen molar-refractivity contribution in [1.29, 1.82) is 0 Å². The van der Waals surface area contributed by atoms with Crippen molar-refractivity contribution in [1.82, 2.24) is 14.4 Å². The fraction of sp³-hybridized carbons (Fsp3) is 0.421. The van der Waals surface area contributed by atoms with E-state index in [1.165, 1.54) is 9.21 Å². The first-order valence-electron chi connectivity index (χ1n) is 9.35. The molecule has 0 bridgehead atoms. The molecule has 1 aliphatic rings. The van der Waals surface area contributed by atoms with Crippen LogP contribution < -0.4 is 10.5 Å². The van der Waals surface area contributed by atoms with E-state index in [0.29, 0.717) is 5.69 Å². The molecule has 0 radical (unpaired) electrons. The number of aromatic nitrogens is 1. The Bertz CT molecular complexity index is 1050. The molecule has 2 N–H and O–H groups in total. The molecule has 0 atom stereocenters. The Kier molecular flexibility index (Phi) is 6.13. The van der Waals surface area contributed by atoms with E-state index in [1.54, 1.807) is 32.0 Å². The lowest BCUT2D eigenvalue weighted by Gasteiger charge is -2.33. The molecule has 0 spiro atoms. The van der Waals surface area contributed by atoms with Gasteiger partial charge in [0.05, 0.1) is 5.56 Å². The first-order chi connectivity index (χ1) is 14.1. The smallest absolute Gasteiger partial charge is 0.260 e. The number of aryl methyl sites for hydroxylation is 3. The first kappa shape index (κ1) is 21.8. The molecule has 1 aromatic heterocycles. The fourth-order valence-corrected chi connectivity index (χ4v) is 5.05. The third-order valence-corrected chi connectivity index (χ3v) is 7.05. The quantitative estimate of drug-likeness (QED) is 0.701. The van der Waals surface area contributed by atoms with E-state index in [2.05, 4.69) is 5.16 Å². The number of benzene rings is 1. The van der Waals surface area contributed by atoms with Gasteiger partial charge in [0.15, 0.2) is 12.4 Å².